The van der Waals surface area contributed by atoms with Crippen LogP contribution in [0.15, 0.2) is 72.8 Å². The van der Waals surface area contributed by atoms with Crippen LogP contribution in [0.25, 0.3) is 10.9 Å². The van der Waals surface area contributed by atoms with Gasteiger partial charge in [-0.15, -0.1) is 0 Å². The topological polar surface area (TPSA) is 94.7 Å². The highest BCUT2D eigenvalue weighted by Gasteiger charge is 2.53. The summed E-state index contributed by atoms with van der Waals surface area (Å²) in [7, 11) is 1.61. The third-order valence-electron chi connectivity index (χ3n) is 7.38. The summed E-state index contributed by atoms with van der Waals surface area (Å²) in [6, 6.07) is 20.7. The van der Waals surface area contributed by atoms with E-state index in [1.165, 1.54) is 4.90 Å². The zero-order valence-corrected chi connectivity index (χ0v) is 21.2. The van der Waals surface area contributed by atoms with E-state index in [4.69, 9.17) is 4.74 Å². The SMILES string of the molecule is CCCNC(=O)c1ccc(N2C(=O)[C@@H]3Cc4c([nH]c5ccccc45)[C@H](c4cccc(OC)c4)N3C2=O)cc1. The van der Waals surface area contributed by atoms with Gasteiger partial charge in [-0.3, -0.25) is 14.5 Å². The molecule has 8 heteroatoms. The molecule has 3 heterocycles. The van der Waals surface area contributed by atoms with Crippen LogP contribution < -0.4 is 15.0 Å². The Labute approximate surface area is 220 Å². The van der Waals surface area contributed by atoms with Crippen molar-refractivity contribution in [3.63, 3.8) is 0 Å². The average molecular weight is 509 g/mol. The van der Waals surface area contributed by atoms with Gasteiger partial charge < -0.3 is 15.0 Å². The fourth-order valence-corrected chi connectivity index (χ4v) is 5.57. The molecule has 0 unspecified atom stereocenters. The molecule has 38 heavy (non-hydrogen) atoms. The number of carbonyl (C=O) groups excluding carboxylic acids is 3. The van der Waals surface area contributed by atoms with Gasteiger partial charge in [-0.25, -0.2) is 9.69 Å². The minimum Gasteiger partial charge on any atom is -0.497 e. The van der Waals surface area contributed by atoms with Crippen molar-refractivity contribution in [3.05, 3.63) is 95.2 Å². The molecular formula is C30H28N4O4. The highest BCUT2D eigenvalue weighted by Crippen LogP contribution is 2.45. The van der Waals surface area contributed by atoms with Crippen LogP contribution in [0.5, 0.6) is 5.75 Å². The Morgan fingerprint density at radius 2 is 1.84 bits per heavy atom. The number of H-pyrrole nitrogens is 1. The fourth-order valence-electron chi connectivity index (χ4n) is 5.57. The maximum atomic E-state index is 14.0. The molecule has 8 nitrogen and oxygen atoms in total. The maximum absolute atomic E-state index is 14.0. The van der Waals surface area contributed by atoms with E-state index in [-0.39, 0.29) is 17.8 Å². The van der Waals surface area contributed by atoms with Crippen LogP contribution in [0.2, 0.25) is 0 Å². The number of fused-ring (bicyclic) bond motifs is 4. The summed E-state index contributed by atoms with van der Waals surface area (Å²) in [6.45, 7) is 2.57. The Bertz CT molecular complexity index is 1560. The van der Waals surface area contributed by atoms with E-state index < -0.39 is 12.1 Å². The van der Waals surface area contributed by atoms with Gasteiger partial charge in [0.1, 0.15) is 17.8 Å². The lowest BCUT2D eigenvalue weighted by atomic mass is 9.89. The molecule has 0 aliphatic carbocycles. The van der Waals surface area contributed by atoms with E-state index in [1.54, 1.807) is 36.3 Å². The molecule has 1 saturated heterocycles. The van der Waals surface area contributed by atoms with E-state index in [1.807, 2.05) is 55.5 Å². The molecule has 0 radical (unpaired) electrons. The Balaban J connectivity index is 1.42. The fraction of sp³-hybridized carbons (Fsp3) is 0.233. The van der Waals surface area contributed by atoms with Crippen molar-refractivity contribution >= 4 is 34.4 Å². The molecule has 2 aliphatic heterocycles. The van der Waals surface area contributed by atoms with Crippen LogP contribution >= 0.6 is 0 Å². The lowest BCUT2D eigenvalue weighted by Gasteiger charge is -2.36. The number of nitrogens with one attached hydrogen (secondary N) is 2. The summed E-state index contributed by atoms with van der Waals surface area (Å²) in [5.41, 5.74) is 4.70. The van der Waals surface area contributed by atoms with Gasteiger partial charge in [0.25, 0.3) is 11.8 Å². The van der Waals surface area contributed by atoms with E-state index in [0.717, 1.165) is 34.1 Å². The van der Waals surface area contributed by atoms with Crippen LogP contribution in [0.1, 0.15) is 46.6 Å². The molecular weight excluding hydrogens is 480 g/mol. The third-order valence-corrected chi connectivity index (χ3v) is 7.38. The molecule has 2 aliphatic rings. The van der Waals surface area contributed by atoms with Gasteiger partial charge in [0, 0.05) is 35.1 Å². The van der Waals surface area contributed by atoms with E-state index in [2.05, 4.69) is 10.3 Å². The van der Waals surface area contributed by atoms with Gasteiger partial charge in [0.2, 0.25) is 0 Å². The Kier molecular flexibility index (Phi) is 5.87. The Hall–Kier alpha value is -4.59. The van der Waals surface area contributed by atoms with Crippen molar-refractivity contribution in [1.29, 1.82) is 0 Å². The number of urea groups is 1. The Morgan fingerprint density at radius 1 is 1.05 bits per heavy atom. The molecule has 1 aromatic heterocycles. The second kappa shape index (κ2) is 9.37. The minimum atomic E-state index is -0.655. The lowest BCUT2D eigenvalue weighted by Crippen LogP contribution is -2.44. The summed E-state index contributed by atoms with van der Waals surface area (Å²) in [5.74, 6) is 0.217. The van der Waals surface area contributed by atoms with E-state index >= 15 is 0 Å². The molecule has 0 bridgehead atoms. The van der Waals surface area contributed by atoms with Crippen molar-refractivity contribution < 1.29 is 19.1 Å². The molecule has 192 valence electrons. The maximum Gasteiger partial charge on any atom is 0.332 e. The minimum absolute atomic E-state index is 0.182. The van der Waals surface area contributed by atoms with Gasteiger partial charge in [0.15, 0.2) is 0 Å². The lowest BCUT2D eigenvalue weighted by molar-refractivity contribution is -0.120. The van der Waals surface area contributed by atoms with Gasteiger partial charge in [-0.05, 0) is 60.0 Å². The number of hydrogen-bond acceptors (Lipinski definition) is 4. The molecule has 6 rings (SSSR count). The first-order valence-electron chi connectivity index (χ1n) is 12.8. The molecule has 3 aromatic carbocycles. The number of aromatic nitrogens is 1. The highest BCUT2D eigenvalue weighted by molar-refractivity contribution is 6.22. The predicted molar refractivity (Wildman–Crippen MR) is 144 cm³/mol. The summed E-state index contributed by atoms with van der Waals surface area (Å²) >= 11 is 0. The first-order valence-corrected chi connectivity index (χ1v) is 12.8. The number of methoxy groups -OCH3 is 1. The number of hydrogen-bond donors (Lipinski definition) is 2. The smallest absolute Gasteiger partial charge is 0.332 e. The zero-order chi connectivity index (χ0) is 26.4. The normalized spacial score (nSPS) is 18.5. The monoisotopic (exact) mass is 508 g/mol. The summed E-state index contributed by atoms with van der Waals surface area (Å²) in [4.78, 5) is 46.6. The molecule has 4 amide bonds. The zero-order valence-electron chi connectivity index (χ0n) is 21.2. The van der Waals surface area contributed by atoms with Crippen molar-refractivity contribution in [3.8, 4) is 5.75 Å². The number of para-hydroxylation sites is 1. The number of amides is 4. The quantitative estimate of drug-likeness (QED) is 0.366. The van der Waals surface area contributed by atoms with Gasteiger partial charge in [-0.1, -0.05) is 37.3 Å². The number of rotatable bonds is 6. The number of aromatic amines is 1. The van der Waals surface area contributed by atoms with Crippen LogP contribution in [-0.2, 0) is 11.2 Å². The summed E-state index contributed by atoms with van der Waals surface area (Å²) in [6.07, 6.45) is 1.25. The Morgan fingerprint density at radius 3 is 2.61 bits per heavy atom. The van der Waals surface area contributed by atoms with Crippen molar-refractivity contribution in [2.45, 2.75) is 31.8 Å². The molecule has 0 saturated carbocycles. The first-order chi connectivity index (χ1) is 18.5. The largest absolute Gasteiger partial charge is 0.497 e. The number of imide groups is 1. The third kappa shape index (κ3) is 3.72. The number of nitrogens with zero attached hydrogens (tertiary/aromatic N) is 2. The van der Waals surface area contributed by atoms with Crippen molar-refractivity contribution in [1.82, 2.24) is 15.2 Å². The average Bonchev–Trinajstić information content (AvgIpc) is 3.44. The molecule has 1 fully saturated rings. The molecule has 4 aromatic rings. The molecule has 2 N–H and O–H groups in total. The van der Waals surface area contributed by atoms with Crippen LogP contribution in [0, 0.1) is 0 Å². The standard InChI is InChI=1S/C30H28N4O4/c1-3-15-31-28(35)18-11-13-20(14-12-18)33-29(36)25-17-23-22-9-4-5-10-24(22)32-26(23)27(34(25)30(33)37)19-7-6-8-21(16-19)38-2/h4-14,16,25,27,32H,3,15,17H2,1-2H3,(H,31,35)/t25-,27-/m0/s1. The summed E-state index contributed by atoms with van der Waals surface area (Å²) < 4.78 is 5.47. The van der Waals surface area contributed by atoms with Gasteiger partial charge in [-0.2, -0.15) is 0 Å². The van der Waals surface area contributed by atoms with Crippen LogP contribution in [-0.4, -0.2) is 47.4 Å². The summed E-state index contributed by atoms with van der Waals surface area (Å²) in [5, 5.41) is 3.89. The van der Waals surface area contributed by atoms with Crippen molar-refractivity contribution in [2.75, 3.05) is 18.6 Å². The first kappa shape index (κ1) is 23.8. The van der Waals surface area contributed by atoms with Gasteiger partial charge in [0.05, 0.1) is 12.8 Å². The number of ether oxygens (including phenoxy) is 1. The number of anilines is 1. The number of benzene rings is 3. The van der Waals surface area contributed by atoms with E-state index in [0.29, 0.717) is 30.0 Å². The second-order valence-corrected chi connectivity index (χ2v) is 9.63. The second-order valence-electron chi connectivity index (χ2n) is 9.63. The number of carbonyl (C=O) groups is 3. The van der Waals surface area contributed by atoms with Crippen LogP contribution in [0.3, 0.4) is 0 Å². The van der Waals surface area contributed by atoms with E-state index in [9.17, 15) is 14.4 Å². The van der Waals surface area contributed by atoms with Crippen LogP contribution in [0.4, 0.5) is 10.5 Å². The molecule has 0 spiro atoms. The molecule has 2 atom stereocenters. The van der Waals surface area contributed by atoms with Gasteiger partial charge >= 0.3 is 6.03 Å². The van der Waals surface area contributed by atoms with Crippen molar-refractivity contribution in [2.24, 2.45) is 0 Å². The predicted octanol–water partition coefficient (Wildman–Crippen LogP) is 4.80. The highest BCUT2D eigenvalue weighted by atomic mass is 16.5.